The van der Waals surface area contributed by atoms with E-state index in [9.17, 15) is 9.59 Å². The van der Waals surface area contributed by atoms with E-state index < -0.39 is 5.97 Å². The van der Waals surface area contributed by atoms with E-state index in [2.05, 4.69) is 86.9 Å². The van der Waals surface area contributed by atoms with Crippen LogP contribution in [0.1, 0.15) is 78.7 Å². The van der Waals surface area contributed by atoms with Crippen LogP contribution in [-0.2, 0) is 37.3 Å². The molecule has 0 radical (unpaired) electrons. The number of hydrogen-bond acceptors (Lipinski definition) is 4. The molecule has 5 aromatic rings. The zero-order valence-electron chi connectivity index (χ0n) is 28.1. The molecule has 1 heterocycles. The first kappa shape index (κ1) is 33.5. The average Bonchev–Trinajstić information content (AvgIpc) is 3.41. The molecule has 0 fully saturated rings. The number of anilines is 2. The van der Waals surface area contributed by atoms with Gasteiger partial charge in [0, 0.05) is 54.3 Å². The second-order valence-electron chi connectivity index (χ2n) is 13.3. The highest BCUT2D eigenvalue weighted by Crippen LogP contribution is 2.32. The van der Waals surface area contributed by atoms with Crippen molar-refractivity contribution < 1.29 is 14.7 Å². The lowest BCUT2D eigenvalue weighted by molar-refractivity contribution is -0.137. The van der Waals surface area contributed by atoms with Crippen LogP contribution >= 0.6 is 0 Å². The Kier molecular flexibility index (Phi) is 11.2. The molecule has 1 aromatic heterocycles. The first-order chi connectivity index (χ1) is 22.7. The fourth-order valence-electron chi connectivity index (χ4n) is 6.15. The van der Waals surface area contributed by atoms with Gasteiger partial charge in [0.15, 0.2) is 5.78 Å². The SMILES string of the molecule is CC(C)Cc1ccc(CNc2cccc(C(=O)c3cn(CCCC(=O)O)c4ccccc34)c2NCc2ccc(CC(C)C)cc2)cc1. The van der Waals surface area contributed by atoms with Crippen molar-refractivity contribution >= 4 is 34.0 Å². The van der Waals surface area contributed by atoms with Gasteiger partial charge in [-0.05, 0) is 71.6 Å². The monoisotopic (exact) mass is 629 g/mol. The van der Waals surface area contributed by atoms with Crippen LogP contribution in [0, 0.1) is 11.8 Å². The Labute approximate surface area is 278 Å². The maximum absolute atomic E-state index is 14.4. The average molecular weight is 630 g/mol. The molecule has 0 spiro atoms. The maximum Gasteiger partial charge on any atom is 0.303 e. The largest absolute Gasteiger partial charge is 0.481 e. The second kappa shape index (κ2) is 15.6. The van der Waals surface area contributed by atoms with E-state index in [1.165, 1.54) is 16.7 Å². The first-order valence-electron chi connectivity index (χ1n) is 16.8. The number of carboxylic acid groups (broad SMARTS) is 1. The summed E-state index contributed by atoms with van der Waals surface area (Å²) in [4.78, 5) is 25.6. The number of ketones is 1. The molecule has 4 aromatic carbocycles. The van der Waals surface area contributed by atoms with Gasteiger partial charge in [0.2, 0.25) is 0 Å². The van der Waals surface area contributed by atoms with Crippen LogP contribution in [0.15, 0.2) is 97.2 Å². The van der Waals surface area contributed by atoms with Crippen LogP contribution in [0.25, 0.3) is 10.9 Å². The minimum atomic E-state index is -0.821. The molecule has 0 saturated heterocycles. The van der Waals surface area contributed by atoms with Crippen LogP contribution < -0.4 is 10.6 Å². The summed E-state index contributed by atoms with van der Waals surface area (Å²) < 4.78 is 2.00. The van der Waals surface area contributed by atoms with Crippen molar-refractivity contribution in [3.63, 3.8) is 0 Å². The number of hydrogen-bond donors (Lipinski definition) is 3. The van der Waals surface area contributed by atoms with E-state index in [0.29, 0.717) is 49.0 Å². The number of para-hydroxylation sites is 2. The normalized spacial score (nSPS) is 11.4. The third-order valence-corrected chi connectivity index (χ3v) is 8.42. The summed E-state index contributed by atoms with van der Waals surface area (Å²) in [5, 5.41) is 17.3. The predicted molar refractivity (Wildman–Crippen MR) is 193 cm³/mol. The Morgan fingerprint density at radius 1 is 0.681 bits per heavy atom. The molecular weight excluding hydrogens is 582 g/mol. The number of aromatic nitrogens is 1. The number of carboxylic acids is 1. The maximum atomic E-state index is 14.4. The number of carbonyl (C=O) groups is 2. The number of carbonyl (C=O) groups excluding carboxylic acids is 1. The highest BCUT2D eigenvalue weighted by Gasteiger charge is 2.21. The van der Waals surface area contributed by atoms with Crippen molar-refractivity contribution in [3.05, 3.63) is 131 Å². The molecule has 0 unspecified atom stereocenters. The number of nitrogens with one attached hydrogen (secondary N) is 2. The molecular formula is C41H47N3O3. The second-order valence-corrected chi connectivity index (χ2v) is 13.3. The number of aliphatic carboxylic acids is 1. The smallest absolute Gasteiger partial charge is 0.303 e. The van der Waals surface area contributed by atoms with Gasteiger partial charge >= 0.3 is 5.97 Å². The summed E-state index contributed by atoms with van der Waals surface area (Å²) in [6.07, 6.45) is 4.55. The predicted octanol–water partition coefficient (Wildman–Crippen LogP) is 9.36. The summed E-state index contributed by atoms with van der Waals surface area (Å²) in [7, 11) is 0. The van der Waals surface area contributed by atoms with Gasteiger partial charge < -0.3 is 20.3 Å². The summed E-state index contributed by atoms with van der Waals surface area (Å²) in [5.41, 5.74) is 8.72. The summed E-state index contributed by atoms with van der Waals surface area (Å²) in [5.74, 6) is 0.312. The van der Waals surface area contributed by atoms with Gasteiger partial charge in [-0.1, -0.05) is 100 Å². The molecule has 6 nitrogen and oxygen atoms in total. The van der Waals surface area contributed by atoms with Crippen molar-refractivity contribution in [2.75, 3.05) is 10.6 Å². The minimum Gasteiger partial charge on any atom is -0.481 e. The molecule has 0 amide bonds. The van der Waals surface area contributed by atoms with Gasteiger partial charge in [0.25, 0.3) is 0 Å². The fourth-order valence-corrected chi connectivity index (χ4v) is 6.15. The van der Waals surface area contributed by atoms with E-state index >= 15 is 0 Å². The minimum absolute atomic E-state index is 0.0744. The third kappa shape index (κ3) is 8.91. The van der Waals surface area contributed by atoms with Gasteiger partial charge in [-0.25, -0.2) is 0 Å². The van der Waals surface area contributed by atoms with Crippen LogP contribution in [-0.4, -0.2) is 21.4 Å². The van der Waals surface area contributed by atoms with Gasteiger partial charge in [0.1, 0.15) is 0 Å². The molecule has 3 N–H and O–H groups in total. The number of benzene rings is 4. The van der Waals surface area contributed by atoms with Gasteiger partial charge in [-0.3, -0.25) is 9.59 Å². The van der Waals surface area contributed by atoms with E-state index in [1.54, 1.807) is 0 Å². The first-order valence-corrected chi connectivity index (χ1v) is 16.8. The molecule has 0 atom stereocenters. The number of aryl methyl sites for hydroxylation is 1. The lowest BCUT2D eigenvalue weighted by Crippen LogP contribution is -2.12. The molecule has 5 rings (SSSR count). The molecule has 47 heavy (non-hydrogen) atoms. The molecule has 0 aliphatic heterocycles. The van der Waals surface area contributed by atoms with Crippen molar-refractivity contribution in [2.24, 2.45) is 11.8 Å². The van der Waals surface area contributed by atoms with Gasteiger partial charge in [-0.15, -0.1) is 0 Å². The number of rotatable bonds is 16. The summed E-state index contributed by atoms with van der Waals surface area (Å²) >= 11 is 0. The Bertz CT molecular complexity index is 1800. The van der Waals surface area contributed by atoms with Crippen molar-refractivity contribution in [3.8, 4) is 0 Å². The van der Waals surface area contributed by atoms with Crippen molar-refractivity contribution in [2.45, 2.75) is 73.0 Å². The highest BCUT2D eigenvalue weighted by molar-refractivity contribution is 6.19. The third-order valence-electron chi connectivity index (χ3n) is 8.42. The number of fused-ring (bicyclic) bond motifs is 1. The van der Waals surface area contributed by atoms with Gasteiger partial charge in [-0.2, -0.15) is 0 Å². The molecule has 0 aliphatic carbocycles. The molecule has 0 bridgehead atoms. The highest BCUT2D eigenvalue weighted by atomic mass is 16.4. The Balaban J connectivity index is 1.45. The zero-order chi connectivity index (χ0) is 33.3. The van der Waals surface area contributed by atoms with Gasteiger partial charge in [0.05, 0.1) is 11.4 Å². The Morgan fingerprint density at radius 2 is 1.26 bits per heavy atom. The van der Waals surface area contributed by atoms with Crippen LogP contribution in [0.3, 0.4) is 0 Å². The van der Waals surface area contributed by atoms with Crippen LogP contribution in [0.2, 0.25) is 0 Å². The lowest BCUT2D eigenvalue weighted by Gasteiger charge is -2.18. The van der Waals surface area contributed by atoms with E-state index in [1.807, 2.05) is 53.2 Å². The molecule has 0 aliphatic rings. The van der Waals surface area contributed by atoms with Crippen molar-refractivity contribution in [1.29, 1.82) is 0 Å². The quantitative estimate of drug-likeness (QED) is 0.0948. The fraction of sp³-hybridized carbons (Fsp3) is 0.317. The Hall–Kier alpha value is -4.84. The van der Waals surface area contributed by atoms with Crippen LogP contribution in [0.5, 0.6) is 0 Å². The molecule has 0 saturated carbocycles. The Morgan fingerprint density at radius 3 is 1.85 bits per heavy atom. The topological polar surface area (TPSA) is 83.4 Å². The molecule has 244 valence electrons. The van der Waals surface area contributed by atoms with E-state index in [4.69, 9.17) is 5.11 Å². The van der Waals surface area contributed by atoms with E-state index in [-0.39, 0.29) is 12.2 Å². The van der Waals surface area contributed by atoms with E-state index in [0.717, 1.165) is 40.7 Å². The van der Waals surface area contributed by atoms with Crippen LogP contribution in [0.4, 0.5) is 11.4 Å². The summed E-state index contributed by atoms with van der Waals surface area (Å²) in [6.45, 7) is 10.6. The molecule has 6 heteroatoms. The van der Waals surface area contributed by atoms with Crippen molar-refractivity contribution in [1.82, 2.24) is 4.57 Å². The summed E-state index contributed by atoms with van der Waals surface area (Å²) in [6, 6.07) is 31.1. The lowest BCUT2D eigenvalue weighted by atomic mass is 9.99. The zero-order valence-corrected chi connectivity index (χ0v) is 28.1. The number of nitrogens with zero attached hydrogens (tertiary/aromatic N) is 1. The standard InChI is InChI=1S/C41H47N3O3/c1-28(2)23-30-14-18-32(19-15-30)25-42-37-11-7-10-35(40(37)43-26-33-20-16-31(17-21-33)24-29(3)4)41(47)36-27-44(22-8-13-39(45)46)38-12-6-5-9-34(36)38/h5-7,9-12,14-21,27-29,42-43H,8,13,22-26H2,1-4H3,(H,45,46).